The number of hydrogen-bond acceptors (Lipinski definition) is 5. The van der Waals surface area contributed by atoms with E-state index in [1.165, 1.54) is 17.9 Å². The third-order valence-electron chi connectivity index (χ3n) is 6.59. The van der Waals surface area contributed by atoms with Crippen molar-refractivity contribution in [3.8, 4) is 0 Å². The highest BCUT2D eigenvalue weighted by Gasteiger charge is 2.34. The van der Waals surface area contributed by atoms with E-state index in [9.17, 15) is 22.8 Å². The molecule has 0 saturated heterocycles. The number of sulfonamides is 1. The summed E-state index contributed by atoms with van der Waals surface area (Å²) in [5.74, 6) is -1.11. The molecule has 3 aromatic carbocycles. The summed E-state index contributed by atoms with van der Waals surface area (Å²) in [5, 5.41) is 3.01. The Kier molecular flexibility index (Phi) is 10.1. The Labute approximate surface area is 243 Å². The van der Waals surface area contributed by atoms with Crippen molar-refractivity contribution in [2.24, 2.45) is 0 Å². The van der Waals surface area contributed by atoms with Crippen LogP contribution in [0.15, 0.2) is 78.9 Å². The molecule has 2 amide bonds. The molecule has 41 heavy (non-hydrogen) atoms. The predicted molar refractivity (Wildman–Crippen MR) is 162 cm³/mol. The van der Waals surface area contributed by atoms with Crippen molar-refractivity contribution in [2.45, 2.75) is 59.2 Å². The Morgan fingerprint density at radius 3 is 2.12 bits per heavy atom. The lowest BCUT2D eigenvalue weighted by atomic mass is 10.00. The molecular formula is C32H39N3O5S. The van der Waals surface area contributed by atoms with Gasteiger partial charge in [-0.15, -0.1) is 0 Å². The highest BCUT2D eigenvalue weighted by atomic mass is 32.2. The van der Waals surface area contributed by atoms with E-state index < -0.39 is 34.1 Å². The van der Waals surface area contributed by atoms with E-state index in [1.807, 2.05) is 82.3 Å². The molecule has 0 unspecified atom stereocenters. The fourth-order valence-electron chi connectivity index (χ4n) is 4.47. The topological polar surface area (TPSA) is 104 Å². The SMILES string of the molecule is CC(=O)c1cccc(N(CC(=O)N(Cc2ccccc2C)[C@H](Cc2ccccc2)C(=O)NC(C)(C)C)S(C)(=O)=O)c1. The molecule has 0 aliphatic heterocycles. The molecule has 0 aromatic heterocycles. The summed E-state index contributed by atoms with van der Waals surface area (Å²) in [5.41, 5.74) is 2.60. The minimum absolute atomic E-state index is 0.103. The lowest BCUT2D eigenvalue weighted by molar-refractivity contribution is -0.140. The molecular weight excluding hydrogens is 538 g/mol. The normalized spacial score (nSPS) is 12.3. The van der Waals surface area contributed by atoms with E-state index in [0.717, 1.165) is 27.3 Å². The molecule has 0 saturated carbocycles. The van der Waals surface area contributed by atoms with Crippen LogP contribution >= 0.6 is 0 Å². The minimum atomic E-state index is -3.93. The Balaban J connectivity index is 2.10. The summed E-state index contributed by atoms with van der Waals surface area (Å²) in [4.78, 5) is 41.4. The first-order valence-corrected chi connectivity index (χ1v) is 15.3. The van der Waals surface area contributed by atoms with Crippen molar-refractivity contribution >= 4 is 33.3 Å². The van der Waals surface area contributed by atoms with Crippen LogP contribution in [0, 0.1) is 6.92 Å². The first-order valence-electron chi connectivity index (χ1n) is 13.4. The third kappa shape index (κ3) is 9.01. The smallest absolute Gasteiger partial charge is 0.244 e. The van der Waals surface area contributed by atoms with Gasteiger partial charge in [-0.1, -0.05) is 66.7 Å². The van der Waals surface area contributed by atoms with Gasteiger partial charge in [0.1, 0.15) is 12.6 Å². The molecule has 0 aliphatic carbocycles. The fraction of sp³-hybridized carbons (Fsp3) is 0.344. The number of benzene rings is 3. The molecule has 8 nitrogen and oxygen atoms in total. The second-order valence-corrected chi connectivity index (χ2v) is 13.2. The van der Waals surface area contributed by atoms with E-state index in [4.69, 9.17) is 0 Å². The van der Waals surface area contributed by atoms with Crippen molar-refractivity contribution in [2.75, 3.05) is 17.1 Å². The molecule has 0 radical (unpaired) electrons. The first-order chi connectivity index (χ1) is 19.2. The van der Waals surface area contributed by atoms with Crippen LogP contribution in [0.1, 0.15) is 54.7 Å². The van der Waals surface area contributed by atoms with Crippen molar-refractivity contribution in [1.29, 1.82) is 0 Å². The van der Waals surface area contributed by atoms with E-state index in [0.29, 0.717) is 5.56 Å². The number of amides is 2. The van der Waals surface area contributed by atoms with Gasteiger partial charge in [0.25, 0.3) is 0 Å². The zero-order valence-corrected chi connectivity index (χ0v) is 25.4. The van der Waals surface area contributed by atoms with Gasteiger partial charge in [-0.05, 0) is 63.4 Å². The highest BCUT2D eigenvalue weighted by Crippen LogP contribution is 2.23. The van der Waals surface area contributed by atoms with Crippen molar-refractivity contribution in [3.05, 3.63) is 101 Å². The van der Waals surface area contributed by atoms with Gasteiger partial charge in [-0.2, -0.15) is 0 Å². The van der Waals surface area contributed by atoms with Gasteiger partial charge >= 0.3 is 0 Å². The first kappa shape index (κ1) is 31.5. The monoisotopic (exact) mass is 577 g/mol. The molecule has 1 atom stereocenters. The number of Topliss-reactive ketones (excluding diaryl/α,β-unsaturated/α-hetero) is 1. The molecule has 0 fully saturated rings. The Hall–Kier alpha value is -3.98. The van der Waals surface area contributed by atoms with Gasteiger partial charge in [0.15, 0.2) is 5.78 Å². The number of nitrogens with one attached hydrogen (secondary N) is 1. The molecule has 0 bridgehead atoms. The number of carbonyl (C=O) groups is 3. The van der Waals surface area contributed by atoms with Gasteiger partial charge in [0, 0.05) is 24.1 Å². The number of carbonyl (C=O) groups excluding carboxylic acids is 3. The van der Waals surface area contributed by atoms with Crippen LogP contribution in [0.25, 0.3) is 0 Å². The highest BCUT2D eigenvalue weighted by molar-refractivity contribution is 7.92. The lowest BCUT2D eigenvalue weighted by Crippen LogP contribution is -2.56. The number of anilines is 1. The van der Waals surface area contributed by atoms with Crippen molar-refractivity contribution in [3.63, 3.8) is 0 Å². The summed E-state index contributed by atoms with van der Waals surface area (Å²) in [6.45, 7) is 8.48. The van der Waals surface area contributed by atoms with Crippen molar-refractivity contribution in [1.82, 2.24) is 10.2 Å². The zero-order chi connectivity index (χ0) is 30.4. The van der Waals surface area contributed by atoms with Gasteiger partial charge in [-0.3, -0.25) is 18.7 Å². The van der Waals surface area contributed by atoms with Crippen LogP contribution in [0.5, 0.6) is 0 Å². The average molecular weight is 578 g/mol. The summed E-state index contributed by atoms with van der Waals surface area (Å²) in [6, 6.07) is 22.2. The largest absolute Gasteiger partial charge is 0.350 e. The summed E-state index contributed by atoms with van der Waals surface area (Å²) >= 11 is 0. The number of nitrogens with zero attached hydrogens (tertiary/aromatic N) is 2. The van der Waals surface area contributed by atoms with Crippen LogP contribution in [0.3, 0.4) is 0 Å². The third-order valence-corrected chi connectivity index (χ3v) is 7.73. The molecule has 3 rings (SSSR count). The van der Waals surface area contributed by atoms with E-state index in [2.05, 4.69) is 5.32 Å². The predicted octanol–water partition coefficient (Wildman–Crippen LogP) is 4.52. The summed E-state index contributed by atoms with van der Waals surface area (Å²) in [6.07, 6.45) is 1.25. The number of hydrogen-bond donors (Lipinski definition) is 1. The van der Waals surface area contributed by atoms with Crippen LogP contribution in [0.4, 0.5) is 5.69 Å². The minimum Gasteiger partial charge on any atom is -0.350 e. The maximum atomic E-state index is 14.2. The number of ketones is 1. The Bertz CT molecular complexity index is 1500. The summed E-state index contributed by atoms with van der Waals surface area (Å²) in [7, 11) is -3.93. The van der Waals surface area contributed by atoms with Gasteiger partial charge in [-0.25, -0.2) is 8.42 Å². The zero-order valence-electron chi connectivity index (χ0n) is 24.5. The maximum Gasteiger partial charge on any atom is 0.244 e. The molecule has 218 valence electrons. The van der Waals surface area contributed by atoms with Gasteiger partial charge in [0.2, 0.25) is 21.8 Å². The van der Waals surface area contributed by atoms with Crippen LogP contribution in [-0.4, -0.2) is 55.3 Å². The summed E-state index contributed by atoms with van der Waals surface area (Å²) < 4.78 is 26.9. The fourth-order valence-corrected chi connectivity index (χ4v) is 5.31. The van der Waals surface area contributed by atoms with E-state index in [1.54, 1.807) is 18.2 Å². The second kappa shape index (κ2) is 13.1. The molecule has 0 aliphatic rings. The van der Waals surface area contributed by atoms with Crippen LogP contribution in [0.2, 0.25) is 0 Å². The second-order valence-electron chi connectivity index (χ2n) is 11.3. The molecule has 1 N–H and O–H groups in total. The van der Waals surface area contributed by atoms with E-state index >= 15 is 0 Å². The Morgan fingerprint density at radius 1 is 0.902 bits per heavy atom. The molecule has 9 heteroatoms. The molecule has 0 spiro atoms. The molecule has 3 aromatic rings. The standard InChI is InChI=1S/C32H39N3O5S/c1-23-13-10-11-16-27(23)21-34(29(31(38)33-32(3,4)5)19-25-14-8-7-9-15-25)30(37)22-35(41(6,39)40)28-18-12-17-26(20-28)24(2)36/h7-18,20,29H,19,21-22H2,1-6H3,(H,33,38)/t29-/m1/s1. The number of rotatable bonds is 11. The Morgan fingerprint density at radius 2 is 1.54 bits per heavy atom. The van der Waals surface area contributed by atoms with E-state index in [-0.39, 0.29) is 30.3 Å². The number of aryl methyl sites for hydroxylation is 1. The molecule has 0 heterocycles. The maximum absolute atomic E-state index is 14.2. The quantitative estimate of drug-likeness (QED) is 0.338. The van der Waals surface area contributed by atoms with Gasteiger partial charge < -0.3 is 10.2 Å². The van der Waals surface area contributed by atoms with Gasteiger partial charge in [0.05, 0.1) is 11.9 Å². The van der Waals surface area contributed by atoms with Crippen LogP contribution in [-0.2, 0) is 32.6 Å². The van der Waals surface area contributed by atoms with Crippen molar-refractivity contribution < 1.29 is 22.8 Å². The lowest BCUT2D eigenvalue weighted by Gasteiger charge is -2.35. The average Bonchev–Trinajstić information content (AvgIpc) is 2.89. The van der Waals surface area contributed by atoms with Crippen LogP contribution < -0.4 is 9.62 Å².